The zero-order valence-electron chi connectivity index (χ0n) is 15.3. The summed E-state index contributed by atoms with van der Waals surface area (Å²) in [7, 11) is -3.52. The first kappa shape index (κ1) is 21.3. The molecule has 150 valence electrons. The van der Waals surface area contributed by atoms with Gasteiger partial charge in [0.15, 0.2) is 0 Å². The fourth-order valence-corrected chi connectivity index (χ4v) is 4.26. The Morgan fingerprint density at radius 1 is 1.19 bits per heavy atom. The van der Waals surface area contributed by atoms with Gasteiger partial charge >= 0.3 is 0 Å². The molecule has 1 fully saturated rings. The zero-order chi connectivity index (χ0) is 20.0. The number of sulfonamides is 1. The van der Waals surface area contributed by atoms with Crippen LogP contribution < -0.4 is 10.6 Å². The molecule has 2 amide bonds. The molecule has 10 heteroatoms. The highest BCUT2D eigenvalue weighted by Crippen LogP contribution is 2.14. The molecule has 1 aromatic carbocycles. The van der Waals surface area contributed by atoms with Gasteiger partial charge in [0.1, 0.15) is 5.82 Å². The molecule has 0 aliphatic carbocycles. The summed E-state index contributed by atoms with van der Waals surface area (Å²) in [5.41, 5.74) is -0.163. The van der Waals surface area contributed by atoms with Gasteiger partial charge in [-0.15, -0.1) is 0 Å². The second-order valence-electron chi connectivity index (χ2n) is 6.40. The van der Waals surface area contributed by atoms with Crippen molar-refractivity contribution in [2.24, 2.45) is 0 Å². The van der Waals surface area contributed by atoms with Crippen molar-refractivity contribution < 1.29 is 27.1 Å². The number of amides is 2. The summed E-state index contributed by atoms with van der Waals surface area (Å²) in [5.74, 6) is -2.21. The highest BCUT2D eigenvalue weighted by atomic mass is 32.2. The number of carbonyl (C=O) groups is 2. The van der Waals surface area contributed by atoms with Crippen molar-refractivity contribution in [3.8, 4) is 0 Å². The van der Waals surface area contributed by atoms with Crippen LogP contribution in [0.15, 0.2) is 24.3 Å². The Labute approximate surface area is 158 Å². The van der Waals surface area contributed by atoms with Crippen LogP contribution in [0.5, 0.6) is 0 Å². The smallest absolute Gasteiger partial charge is 0.254 e. The molecule has 0 saturated carbocycles. The molecule has 8 nitrogen and oxygen atoms in total. The van der Waals surface area contributed by atoms with Crippen molar-refractivity contribution in [1.82, 2.24) is 14.9 Å². The first-order chi connectivity index (χ1) is 12.7. The van der Waals surface area contributed by atoms with E-state index in [9.17, 15) is 22.4 Å². The highest BCUT2D eigenvalue weighted by Gasteiger charge is 2.30. The minimum Gasteiger partial charge on any atom is -0.373 e. The lowest BCUT2D eigenvalue weighted by atomic mass is 10.2. The van der Waals surface area contributed by atoms with Crippen LogP contribution in [0.4, 0.5) is 4.39 Å². The third-order valence-electron chi connectivity index (χ3n) is 3.99. The van der Waals surface area contributed by atoms with Crippen molar-refractivity contribution >= 4 is 21.8 Å². The number of morpholine rings is 1. The number of ether oxygens (including phenoxy) is 1. The predicted octanol–water partition coefficient (Wildman–Crippen LogP) is 0.111. The third-order valence-corrected chi connectivity index (χ3v) is 5.79. The van der Waals surface area contributed by atoms with E-state index in [1.165, 1.54) is 22.5 Å². The van der Waals surface area contributed by atoms with Crippen LogP contribution in [-0.2, 0) is 19.6 Å². The van der Waals surface area contributed by atoms with Crippen LogP contribution in [0.25, 0.3) is 0 Å². The van der Waals surface area contributed by atoms with Crippen LogP contribution in [0.2, 0.25) is 0 Å². The van der Waals surface area contributed by atoms with Gasteiger partial charge in [0, 0.05) is 19.6 Å². The zero-order valence-corrected chi connectivity index (χ0v) is 16.1. The van der Waals surface area contributed by atoms with Crippen molar-refractivity contribution in [2.45, 2.75) is 26.1 Å². The van der Waals surface area contributed by atoms with Crippen molar-refractivity contribution in [3.63, 3.8) is 0 Å². The van der Waals surface area contributed by atoms with E-state index in [1.54, 1.807) is 13.8 Å². The lowest BCUT2D eigenvalue weighted by Gasteiger charge is -2.34. The number of hydrogen-bond acceptors (Lipinski definition) is 5. The van der Waals surface area contributed by atoms with Crippen LogP contribution in [-0.4, -0.2) is 68.7 Å². The third kappa shape index (κ3) is 6.26. The van der Waals surface area contributed by atoms with Gasteiger partial charge in [-0.25, -0.2) is 12.8 Å². The topological polar surface area (TPSA) is 105 Å². The summed E-state index contributed by atoms with van der Waals surface area (Å²) in [6.07, 6.45) is -0.376. The predicted molar refractivity (Wildman–Crippen MR) is 97.1 cm³/mol. The van der Waals surface area contributed by atoms with Gasteiger partial charge in [-0.05, 0) is 26.0 Å². The molecule has 0 aromatic heterocycles. The van der Waals surface area contributed by atoms with E-state index in [-0.39, 0.29) is 49.7 Å². The number of nitrogens with one attached hydrogen (secondary N) is 2. The van der Waals surface area contributed by atoms with E-state index in [1.807, 2.05) is 0 Å². The van der Waals surface area contributed by atoms with Crippen LogP contribution in [0.3, 0.4) is 0 Å². The molecule has 1 heterocycles. The summed E-state index contributed by atoms with van der Waals surface area (Å²) in [6.45, 7) is 3.70. The molecule has 27 heavy (non-hydrogen) atoms. The normalized spacial score (nSPS) is 20.9. The quantitative estimate of drug-likeness (QED) is 0.675. The van der Waals surface area contributed by atoms with Gasteiger partial charge in [-0.2, -0.15) is 4.31 Å². The summed E-state index contributed by atoms with van der Waals surface area (Å²) in [6, 6.07) is 5.41. The maximum atomic E-state index is 13.5. The second-order valence-corrected chi connectivity index (χ2v) is 8.49. The number of rotatable bonds is 7. The van der Waals surface area contributed by atoms with Gasteiger partial charge in [-0.3, -0.25) is 9.59 Å². The Kier molecular flexibility index (Phi) is 7.28. The molecular weight excluding hydrogens is 377 g/mol. The summed E-state index contributed by atoms with van der Waals surface area (Å²) in [5, 5.41) is 4.73. The molecule has 1 saturated heterocycles. The molecule has 2 N–H and O–H groups in total. The fraction of sp³-hybridized carbons (Fsp3) is 0.529. The molecule has 0 radical (unpaired) electrons. The van der Waals surface area contributed by atoms with Gasteiger partial charge in [-0.1, -0.05) is 12.1 Å². The number of carbonyl (C=O) groups excluding carboxylic acids is 2. The standard InChI is InChI=1S/C17H24FN3O5S/c1-12-10-21(11-13(2)26-12)27(24,25)8-7-19-16(22)9-20-17(23)14-5-3-4-6-15(14)18/h3-6,12-13H,7-11H2,1-2H3,(H,19,22)(H,20,23). The van der Waals surface area contributed by atoms with Gasteiger partial charge in [0.05, 0.1) is 30.1 Å². The number of hydrogen-bond donors (Lipinski definition) is 2. The average molecular weight is 401 g/mol. The minimum absolute atomic E-state index is 0.0865. The van der Waals surface area contributed by atoms with E-state index in [0.717, 1.165) is 6.07 Å². The summed E-state index contributed by atoms with van der Waals surface area (Å²) < 4.78 is 45.1. The van der Waals surface area contributed by atoms with Gasteiger partial charge in [0.25, 0.3) is 5.91 Å². The lowest BCUT2D eigenvalue weighted by molar-refractivity contribution is -0.120. The molecule has 0 spiro atoms. The maximum absolute atomic E-state index is 13.5. The molecule has 2 atom stereocenters. The van der Waals surface area contributed by atoms with E-state index < -0.39 is 27.7 Å². The van der Waals surface area contributed by atoms with Crippen LogP contribution in [0, 0.1) is 5.82 Å². The molecule has 0 bridgehead atoms. The summed E-state index contributed by atoms with van der Waals surface area (Å²) in [4.78, 5) is 23.6. The second kappa shape index (κ2) is 9.25. The first-order valence-corrected chi connectivity index (χ1v) is 10.2. The highest BCUT2D eigenvalue weighted by molar-refractivity contribution is 7.89. The lowest BCUT2D eigenvalue weighted by Crippen LogP contribution is -2.50. The Morgan fingerprint density at radius 3 is 2.44 bits per heavy atom. The van der Waals surface area contributed by atoms with E-state index in [0.29, 0.717) is 0 Å². The largest absolute Gasteiger partial charge is 0.373 e. The Bertz CT molecular complexity index is 777. The fourth-order valence-electron chi connectivity index (χ4n) is 2.77. The molecule has 1 aliphatic rings. The molecule has 2 unspecified atom stereocenters. The van der Waals surface area contributed by atoms with Gasteiger partial charge in [0.2, 0.25) is 15.9 Å². The van der Waals surface area contributed by atoms with Crippen LogP contribution >= 0.6 is 0 Å². The molecular formula is C17H24FN3O5S. The van der Waals surface area contributed by atoms with Crippen molar-refractivity contribution in [2.75, 3.05) is 31.9 Å². The van der Waals surface area contributed by atoms with Crippen LogP contribution in [0.1, 0.15) is 24.2 Å². The Hall–Kier alpha value is -2.04. The van der Waals surface area contributed by atoms with E-state index in [4.69, 9.17) is 4.74 Å². The van der Waals surface area contributed by atoms with Crippen molar-refractivity contribution in [1.29, 1.82) is 0 Å². The van der Waals surface area contributed by atoms with E-state index in [2.05, 4.69) is 10.6 Å². The average Bonchev–Trinajstić information content (AvgIpc) is 2.59. The minimum atomic E-state index is -3.52. The molecule has 1 aromatic rings. The SMILES string of the molecule is CC1CN(S(=O)(=O)CCNC(=O)CNC(=O)c2ccccc2F)CC(C)O1. The maximum Gasteiger partial charge on any atom is 0.254 e. The Balaban J connectivity index is 1.75. The molecule has 2 rings (SSSR count). The van der Waals surface area contributed by atoms with Crippen molar-refractivity contribution in [3.05, 3.63) is 35.6 Å². The first-order valence-electron chi connectivity index (χ1n) is 8.61. The number of nitrogens with zero attached hydrogens (tertiary/aromatic N) is 1. The summed E-state index contributed by atoms with van der Waals surface area (Å²) >= 11 is 0. The number of halogens is 1. The van der Waals surface area contributed by atoms with E-state index >= 15 is 0 Å². The monoisotopic (exact) mass is 401 g/mol. The molecule has 1 aliphatic heterocycles. The number of benzene rings is 1. The van der Waals surface area contributed by atoms with Gasteiger partial charge < -0.3 is 15.4 Å². The Morgan fingerprint density at radius 2 is 1.81 bits per heavy atom.